The summed E-state index contributed by atoms with van der Waals surface area (Å²) in [6, 6.07) is 22.8. The van der Waals surface area contributed by atoms with Crippen LogP contribution in [0, 0.1) is 44.9 Å². The van der Waals surface area contributed by atoms with Crippen molar-refractivity contribution >= 4 is 29.1 Å². The van der Waals surface area contributed by atoms with Gasteiger partial charge in [-0.3, -0.25) is 30.0 Å². The van der Waals surface area contributed by atoms with Gasteiger partial charge in [0.15, 0.2) is 0 Å². The lowest BCUT2D eigenvalue weighted by Gasteiger charge is -2.60. The number of hydrogen-bond donors (Lipinski definition) is 2. The van der Waals surface area contributed by atoms with E-state index < -0.39 is 27.6 Å². The summed E-state index contributed by atoms with van der Waals surface area (Å²) < 4.78 is 20.9. The van der Waals surface area contributed by atoms with Gasteiger partial charge in [-0.2, -0.15) is 0 Å². The first-order chi connectivity index (χ1) is 33.5. The molecule has 3 aliphatic rings. The van der Waals surface area contributed by atoms with E-state index in [0.29, 0.717) is 54.1 Å². The summed E-state index contributed by atoms with van der Waals surface area (Å²) in [5, 5.41) is 47.6. The monoisotopic (exact) mass is 943 g/mol. The minimum atomic E-state index is -1.50. The van der Waals surface area contributed by atoms with Gasteiger partial charge in [-0.05, 0) is 128 Å². The van der Waals surface area contributed by atoms with Gasteiger partial charge in [0.05, 0.1) is 33.8 Å². The minimum absolute atomic E-state index is 0.00922. The van der Waals surface area contributed by atoms with Gasteiger partial charge in [-0.1, -0.05) is 43.1 Å². The van der Waals surface area contributed by atoms with Gasteiger partial charge in [0.1, 0.15) is 30.8 Å². The molecule has 0 unspecified atom stereocenters. The molecule has 1 amide bonds. The van der Waals surface area contributed by atoms with Crippen LogP contribution in [0.25, 0.3) is 6.08 Å². The number of benzene rings is 3. The molecule has 1 saturated carbocycles. The van der Waals surface area contributed by atoms with Crippen molar-refractivity contribution in [3.63, 3.8) is 0 Å². The number of fused-ring (bicyclic) bond motifs is 2. The zero-order valence-corrected chi connectivity index (χ0v) is 39.2. The Bertz CT molecular complexity index is 2530. The van der Waals surface area contributed by atoms with Crippen LogP contribution in [0.15, 0.2) is 120 Å². The molecule has 4 aromatic rings. The van der Waals surface area contributed by atoms with Crippen molar-refractivity contribution < 1.29 is 43.9 Å². The van der Waals surface area contributed by atoms with E-state index in [2.05, 4.69) is 17.6 Å². The number of unbranched alkanes of at least 4 members (excludes halogenated alkanes) is 2. The van der Waals surface area contributed by atoms with Gasteiger partial charge in [-0.25, -0.2) is 0 Å². The quantitative estimate of drug-likeness (QED) is 0.0221. The summed E-state index contributed by atoms with van der Waals surface area (Å²) in [5.41, 5.74) is 5.16. The SMILES string of the molecule is C=CCO[C@@]12Oc3ccc(OCc4cccc(C)n4)cc3[C@H]3[C@H](CCCCO)[C@@H](CCCCO)C=C(C(=NOCc4ccc([N+](=O)[O-])cc4)C[C@@H]1N(CCC)C(=O)C=Cc1ccc([N+](=O)[O-])cc1)[C@H]32. The molecule has 2 heterocycles. The van der Waals surface area contributed by atoms with Crippen molar-refractivity contribution in [3.8, 4) is 11.5 Å². The number of hydrogen-bond acceptors (Lipinski definition) is 13. The molecule has 16 heteroatoms. The largest absolute Gasteiger partial charge is 0.487 e. The van der Waals surface area contributed by atoms with Crippen LogP contribution >= 0.6 is 0 Å². The Morgan fingerprint density at radius 2 is 1.67 bits per heavy atom. The summed E-state index contributed by atoms with van der Waals surface area (Å²) in [6.07, 6.45) is 12.0. The zero-order valence-electron chi connectivity index (χ0n) is 39.2. The first-order valence-electron chi connectivity index (χ1n) is 23.7. The summed E-state index contributed by atoms with van der Waals surface area (Å²) in [6.45, 7) is 8.68. The molecule has 16 nitrogen and oxygen atoms in total. The molecule has 1 aromatic heterocycles. The molecule has 2 aliphatic carbocycles. The molecule has 6 atom stereocenters. The Balaban J connectivity index is 1.40. The molecule has 1 aliphatic heterocycles. The smallest absolute Gasteiger partial charge is 0.269 e. The Morgan fingerprint density at radius 3 is 2.33 bits per heavy atom. The van der Waals surface area contributed by atoms with E-state index in [0.717, 1.165) is 48.2 Å². The molecule has 0 radical (unpaired) electrons. The number of nitro groups is 2. The van der Waals surface area contributed by atoms with Gasteiger partial charge in [0, 0.05) is 73.7 Å². The average Bonchev–Trinajstić information content (AvgIpc) is 3.35. The van der Waals surface area contributed by atoms with E-state index in [1.54, 1.807) is 41.3 Å². The van der Waals surface area contributed by atoms with E-state index in [1.807, 2.05) is 50.2 Å². The summed E-state index contributed by atoms with van der Waals surface area (Å²) >= 11 is 0. The van der Waals surface area contributed by atoms with Gasteiger partial charge < -0.3 is 34.2 Å². The van der Waals surface area contributed by atoms with Crippen LogP contribution in [0.3, 0.4) is 0 Å². The van der Waals surface area contributed by atoms with Gasteiger partial charge in [-0.15, -0.1) is 6.58 Å². The van der Waals surface area contributed by atoms with Crippen LogP contribution in [0.4, 0.5) is 11.4 Å². The summed E-state index contributed by atoms with van der Waals surface area (Å²) in [7, 11) is 0. The highest BCUT2D eigenvalue weighted by molar-refractivity contribution is 6.03. The maximum Gasteiger partial charge on any atom is 0.269 e. The van der Waals surface area contributed by atoms with Crippen molar-refractivity contribution in [1.82, 2.24) is 9.88 Å². The van der Waals surface area contributed by atoms with Crippen LogP contribution in [0.5, 0.6) is 11.5 Å². The number of allylic oxidation sites excluding steroid dienone is 1. The topological polar surface area (TPSA) is 209 Å². The van der Waals surface area contributed by atoms with Crippen LogP contribution in [0.2, 0.25) is 0 Å². The number of nitrogens with zero attached hydrogens (tertiary/aromatic N) is 5. The molecule has 69 heavy (non-hydrogen) atoms. The third kappa shape index (κ3) is 11.8. The molecule has 0 saturated heterocycles. The second-order valence-corrected chi connectivity index (χ2v) is 17.7. The second kappa shape index (κ2) is 23.5. The fourth-order valence-corrected chi connectivity index (χ4v) is 10.1. The average molecular weight is 944 g/mol. The lowest BCUT2D eigenvalue weighted by Crippen LogP contribution is -2.70. The van der Waals surface area contributed by atoms with Gasteiger partial charge in [0.2, 0.25) is 11.7 Å². The Hall–Kier alpha value is -6.75. The number of pyridine rings is 1. The standard InChI is InChI=1S/C53H61N5O11/c1-4-27-56(50(61)26-19-37-15-20-41(21-16-37)57(62)63)49-33-47(55-68-34-38-17-22-42(23-18-38)58(64)65)45-31-39(12-6-8-28-59)44(14-7-9-29-60)51-46-32-43(66-35-40-13-10-11-36(3)54-40)24-25-48(46)69-53(49,52(45)51)67-30-5-2/h5,10-11,13,15-26,31-32,39,44,49,51-52,59-60H,2,4,6-9,12,14,27-30,33-35H2,1,3H3/t39-,44+,49-,51+,52+,53+/m0/s1. The van der Waals surface area contributed by atoms with Crippen LogP contribution < -0.4 is 9.47 Å². The highest BCUT2D eigenvalue weighted by atomic mass is 16.7. The maximum atomic E-state index is 14.8. The maximum absolute atomic E-state index is 14.8. The molecule has 0 bridgehead atoms. The van der Waals surface area contributed by atoms with Crippen molar-refractivity contribution in [2.75, 3.05) is 26.4 Å². The number of ether oxygens (including phenoxy) is 3. The number of aryl methyl sites for hydroxylation is 1. The molecule has 0 spiro atoms. The Labute approximate surface area is 402 Å². The second-order valence-electron chi connectivity index (χ2n) is 17.7. The fourth-order valence-electron chi connectivity index (χ4n) is 10.1. The van der Waals surface area contributed by atoms with Crippen molar-refractivity contribution in [2.24, 2.45) is 22.9 Å². The number of non-ortho nitro benzene ring substituents is 2. The number of nitro benzene ring substituents is 2. The van der Waals surface area contributed by atoms with Crippen LogP contribution in [0.1, 0.15) is 92.3 Å². The predicted octanol–water partition coefficient (Wildman–Crippen LogP) is 9.57. The van der Waals surface area contributed by atoms with Crippen molar-refractivity contribution in [1.29, 1.82) is 0 Å². The van der Waals surface area contributed by atoms with E-state index in [9.17, 15) is 35.2 Å². The highest BCUT2D eigenvalue weighted by Crippen LogP contribution is 2.62. The van der Waals surface area contributed by atoms with Gasteiger partial charge in [0.25, 0.3) is 11.4 Å². The molecular formula is C53H61N5O11. The van der Waals surface area contributed by atoms with E-state index in [4.69, 9.17) is 24.2 Å². The highest BCUT2D eigenvalue weighted by Gasteiger charge is 2.65. The Morgan fingerprint density at radius 1 is 0.957 bits per heavy atom. The number of carbonyl (C=O) groups is 1. The number of aliphatic hydroxyl groups is 2. The number of amides is 1. The first kappa shape index (κ1) is 50.1. The van der Waals surface area contributed by atoms with E-state index in [1.165, 1.54) is 30.3 Å². The molecule has 3 aromatic carbocycles. The van der Waals surface area contributed by atoms with Gasteiger partial charge >= 0.3 is 0 Å². The van der Waals surface area contributed by atoms with Crippen molar-refractivity contribution in [2.45, 2.75) is 96.2 Å². The first-order valence-corrected chi connectivity index (χ1v) is 23.7. The summed E-state index contributed by atoms with van der Waals surface area (Å²) in [4.78, 5) is 49.3. The minimum Gasteiger partial charge on any atom is -0.487 e. The molecular weight excluding hydrogens is 883 g/mol. The normalized spacial score (nSPS) is 21.9. The number of aromatic nitrogens is 1. The van der Waals surface area contributed by atoms with Crippen molar-refractivity contribution in [3.05, 3.63) is 164 Å². The van der Waals surface area contributed by atoms with Crippen LogP contribution in [-0.4, -0.2) is 79.8 Å². The number of oxime groups is 1. The molecule has 1 fully saturated rings. The molecule has 364 valence electrons. The predicted molar refractivity (Wildman–Crippen MR) is 260 cm³/mol. The lowest BCUT2D eigenvalue weighted by molar-refractivity contribution is -0.385. The van der Waals surface area contributed by atoms with E-state index in [-0.39, 0.29) is 74.5 Å². The zero-order chi connectivity index (χ0) is 48.9. The van der Waals surface area contributed by atoms with Crippen LogP contribution in [-0.2, 0) is 27.6 Å². The van der Waals surface area contributed by atoms with E-state index >= 15 is 0 Å². The third-order valence-electron chi connectivity index (χ3n) is 13.2. The molecule has 7 rings (SSSR count). The lowest BCUT2D eigenvalue weighted by atomic mass is 9.55. The number of carbonyl (C=O) groups excluding carboxylic acids is 1. The third-order valence-corrected chi connectivity index (χ3v) is 13.2. The number of rotatable bonds is 24. The number of aliphatic hydroxyl groups excluding tert-OH is 2. The Kier molecular flexibility index (Phi) is 17.1. The molecule has 2 N–H and O–H groups in total. The summed E-state index contributed by atoms with van der Waals surface area (Å²) in [5.74, 6) is -1.54. The fraction of sp³-hybridized carbons (Fsp3) is 0.415.